The van der Waals surface area contributed by atoms with E-state index >= 15 is 0 Å². The maximum atomic E-state index is 13.0. The molecule has 50 heavy (non-hydrogen) atoms. The van der Waals surface area contributed by atoms with Crippen molar-refractivity contribution in [2.24, 2.45) is 0 Å². The number of carbonyl (C=O) groups is 1. The summed E-state index contributed by atoms with van der Waals surface area (Å²) < 4.78 is 12.8. The van der Waals surface area contributed by atoms with Gasteiger partial charge in [0.2, 0.25) is 5.91 Å². The molecule has 1 fully saturated rings. The van der Waals surface area contributed by atoms with Gasteiger partial charge in [0, 0.05) is 24.7 Å². The summed E-state index contributed by atoms with van der Waals surface area (Å²) in [6, 6.07) is 17.7. The largest absolute Gasteiger partial charge is 0.394 e. The van der Waals surface area contributed by atoms with Gasteiger partial charge in [-0.3, -0.25) is 9.48 Å². The average Bonchev–Trinajstić information content (AvgIpc) is 3.61. The third-order valence-corrected chi connectivity index (χ3v) is 9.36. The lowest BCUT2D eigenvalue weighted by Gasteiger charge is -2.40. The second kappa shape index (κ2) is 20.6. The molecule has 8 atom stereocenters. The summed E-state index contributed by atoms with van der Waals surface area (Å²) in [6.45, 7) is 1.75. The van der Waals surface area contributed by atoms with Gasteiger partial charge in [-0.05, 0) is 61.6 Å². The number of aromatic nitrogens is 2. The van der Waals surface area contributed by atoms with Crippen molar-refractivity contribution in [1.29, 1.82) is 0 Å². The number of amides is 1. The fourth-order valence-corrected chi connectivity index (χ4v) is 6.14. The minimum atomic E-state index is -1.66. The number of nitrogens with zero attached hydrogens (tertiary/aromatic N) is 2. The molecule has 7 N–H and O–H groups in total. The van der Waals surface area contributed by atoms with E-state index in [1.807, 2.05) is 18.2 Å². The van der Waals surface area contributed by atoms with Crippen LogP contribution in [0, 0.1) is 0 Å². The summed E-state index contributed by atoms with van der Waals surface area (Å²) in [6.07, 6.45) is 1.11. The zero-order valence-corrected chi connectivity index (χ0v) is 29.0. The van der Waals surface area contributed by atoms with E-state index in [0.717, 1.165) is 51.4 Å². The second-order valence-corrected chi connectivity index (χ2v) is 13.2. The van der Waals surface area contributed by atoms with Crippen molar-refractivity contribution >= 4 is 5.91 Å². The van der Waals surface area contributed by atoms with Gasteiger partial charge < -0.3 is 45.4 Å². The minimum Gasteiger partial charge on any atom is -0.394 e. The minimum absolute atomic E-state index is 0.191. The van der Waals surface area contributed by atoms with Crippen LogP contribution in [-0.4, -0.2) is 102 Å². The number of benzene rings is 2. The normalized spacial score (nSPS) is 22.6. The number of carbonyl (C=O) groups excluding carboxylic acids is 1. The van der Waals surface area contributed by atoms with E-state index in [2.05, 4.69) is 53.7 Å². The molecule has 1 aliphatic rings. The molecule has 0 radical (unpaired) electrons. The van der Waals surface area contributed by atoms with Crippen LogP contribution in [0.4, 0.5) is 0 Å². The Morgan fingerprint density at radius 1 is 0.880 bits per heavy atom. The van der Waals surface area contributed by atoms with Crippen molar-refractivity contribution in [3.05, 3.63) is 89.2 Å². The third-order valence-electron chi connectivity index (χ3n) is 9.36. The molecular weight excluding hydrogens is 642 g/mol. The highest BCUT2D eigenvalue weighted by molar-refractivity contribution is 5.76. The molecule has 12 heteroatoms. The number of hydrogen-bond acceptors (Lipinski definition) is 10. The van der Waals surface area contributed by atoms with Crippen molar-refractivity contribution in [3.63, 3.8) is 0 Å². The second-order valence-electron chi connectivity index (χ2n) is 13.2. The van der Waals surface area contributed by atoms with Crippen LogP contribution in [0.1, 0.15) is 80.2 Å². The lowest BCUT2D eigenvalue weighted by Crippen LogP contribution is -2.60. The highest BCUT2D eigenvalue weighted by atomic mass is 16.7. The highest BCUT2D eigenvalue weighted by Gasteiger charge is 2.44. The summed E-state index contributed by atoms with van der Waals surface area (Å²) in [4.78, 5) is 13.0. The molecule has 0 bridgehead atoms. The van der Waals surface area contributed by atoms with Crippen molar-refractivity contribution in [1.82, 2.24) is 15.1 Å². The molecule has 2 heterocycles. The molecule has 1 saturated heterocycles. The Labute approximate surface area is 294 Å². The molecule has 2 aromatic carbocycles. The van der Waals surface area contributed by atoms with E-state index in [4.69, 9.17) is 9.47 Å². The Balaban J connectivity index is 1.30. The molecule has 0 aliphatic carbocycles. The maximum Gasteiger partial charge on any atom is 0.220 e. The first-order chi connectivity index (χ1) is 24.2. The number of aryl methyl sites for hydroxylation is 4. The molecule has 1 aromatic heterocycles. The molecule has 276 valence electrons. The molecule has 0 unspecified atom stereocenters. The van der Waals surface area contributed by atoms with Crippen molar-refractivity contribution < 1.29 is 44.9 Å². The Kier molecular flexibility index (Phi) is 16.3. The third kappa shape index (κ3) is 12.0. The fourth-order valence-electron chi connectivity index (χ4n) is 6.14. The summed E-state index contributed by atoms with van der Waals surface area (Å²) in [5.74, 6) is -0.352. The molecule has 4 rings (SSSR count). The van der Waals surface area contributed by atoms with Crippen molar-refractivity contribution in [2.75, 3.05) is 13.2 Å². The van der Waals surface area contributed by atoms with E-state index in [-0.39, 0.29) is 12.3 Å². The first-order valence-electron chi connectivity index (χ1n) is 17.9. The number of rotatable bonds is 21. The van der Waals surface area contributed by atoms with Gasteiger partial charge in [0.25, 0.3) is 0 Å². The molecule has 0 spiro atoms. The lowest BCUT2D eigenvalue weighted by atomic mass is 9.99. The van der Waals surface area contributed by atoms with Gasteiger partial charge in [0.1, 0.15) is 36.6 Å². The van der Waals surface area contributed by atoms with Gasteiger partial charge in [-0.2, -0.15) is 5.10 Å². The van der Waals surface area contributed by atoms with Gasteiger partial charge in [-0.25, -0.2) is 0 Å². The first-order valence-corrected chi connectivity index (χ1v) is 17.9. The van der Waals surface area contributed by atoms with Crippen LogP contribution in [0.15, 0.2) is 67.0 Å². The lowest BCUT2D eigenvalue weighted by molar-refractivity contribution is -0.303. The fraction of sp³-hybridized carbons (Fsp3) is 0.579. The van der Waals surface area contributed by atoms with Gasteiger partial charge in [0.15, 0.2) is 6.29 Å². The Morgan fingerprint density at radius 3 is 2.22 bits per heavy atom. The Hall–Kier alpha value is -3.20. The van der Waals surface area contributed by atoms with Crippen LogP contribution in [0.3, 0.4) is 0 Å². The number of aliphatic hydroxyl groups is 6. The van der Waals surface area contributed by atoms with Crippen LogP contribution in [0.25, 0.3) is 0 Å². The summed E-state index contributed by atoms with van der Waals surface area (Å²) in [5.41, 5.74) is 4.24. The molecule has 1 amide bonds. The molecule has 1 aliphatic heterocycles. The number of unbranched alkanes of at least 4 members (excludes halogenated alkanes) is 4. The van der Waals surface area contributed by atoms with Crippen LogP contribution in [-0.2, 0) is 40.1 Å². The molecular formula is C38H55N3O9. The van der Waals surface area contributed by atoms with Crippen LogP contribution >= 0.6 is 0 Å². The van der Waals surface area contributed by atoms with Gasteiger partial charge in [-0.1, -0.05) is 74.4 Å². The van der Waals surface area contributed by atoms with E-state index < -0.39 is 62.2 Å². The monoisotopic (exact) mass is 697 g/mol. The highest BCUT2D eigenvalue weighted by Crippen LogP contribution is 2.24. The van der Waals surface area contributed by atoms with E-state index in [1.54, 1.807) is 10.9 Å². The summed E-state index contributed by atoms with van der Waals surface area (Å²) in [7, 11) is 0. The Bertz CT molecular complexity index is 1390. The zero-order chi connectivity index (χ0) is 35.9. The topological polar surface area (TPSA) is 187 Å². The van der Waals surface area contributed by atoms with Crippen molar-refractivity contribution in [2.45, 2.75) is 127 Å². The van der Waals surface area contributed by atoms with Gasteiger partial charge >= 0.3 is 0 Å². The molecule has 0 saturated carbocycles. The number of nitrogens with one attached hydrogen (secondary N) is 1. The SMILES string of the molecule is CCc1ccc(CCCCCn2cc([C@@H](O)[C@@H](O)[C@H](CO[C@H]3O[C@H](CO)[C@H](O)[C@H](O)[C@H]3O)NC(=O)CCCCCc3ccccc3)cn2)cc1. The molecule has 12 nitrogen and oxygen atoms in total. The van der Waals surface area contributed by atoms with Gasteiger partial charge in [0.05, 0.1) is 25.5 Å². The van der Waals surface area contributed by atoms with Crippen LogP contribution in [0.2, 0.25) is 0 Å². The number of hydrogen-bond donors (Lipinski definition) is 7. The predicted molar refractivity (Wildman–Crippen MR) is 187 cm³/mol. The van der Waals surface area contributed by atoms with E-state index in [9.17, 15) is 35.4 Å². The molecule has 3 aromatic rings. The van der Waals surface area contributed by atoms with Crippen LogP contribution < -0.4 is 5.32 Å². The standard InChI is InChI=1S/C38H55N3O9/c1-2-26-17-19-28(20-18-26)15-9-5-11-21-41-23-29(22-39-41)33(44)34(45)30(25-49-38-37(48)36(47)35(46)31(24-42)50-38)40-32(43)16-10-4-8-14-27-12-6-3-7-13-27/h3,6-7,12-13,17-20,22-23,30-31,33-38,42,44-48H,2,4-5,8-11,14-16,21,24-25H2,1H3,(H,40,43)/t30-,31+,33+,34-,35-,36-,37+,38-/m0/s1. The average molecular weight is 698 g/mol. The smallest absolute Gasteiger partial charge is 0.220 e. The van der Waals surface area contributed by atoms with Crippen LogP contribution in [0.5, 0.6) is 0 Å². The number of aliphatic hydroxyl groups excluding tert-OH is 6. The first kappa shape index (κ1) is 39.6. The number of ether oxygens (including phenoxy) is 2. The summed E-state index contributed by atoms with van der Waals surface area (Å²) in [5, 5.41) is 69.8. The zero-order valence-electron chi connectivity index (χ0n) is 29.0. The maximum absolute atomic E-state index is 13.0. The van der Waals surface area contributed by atoms with E-state index in [0.29, 0.717) is 18.5 Å². The van der Waals surface area contributed by atoms with Crippen molar-refractivity contribution in [3.8, 4) is 0 Å². The Morgan fingerprint density at radius 2 is 1.54 bits per heavy atom. The van der Waals surface area contributed by atoms with Gasteiger partial charge in [-0.15, -0.1) is 0 Å². The van der Waals surface area contributed by atoms with E-state index in [1.165, 1.54) is 22.9 Å². The predicted octanol–water partition coefficient (Wildman–Crippen LogP) is 2.36. The summed E-state index contributed by atoms with van der Waals surface area (Å²) >= 11 is 0. The quantitative estimate of drug-likeness (QED) is 0.0815.